The predicted molar refractivity (Wildman–Crippen MR) is 41.6 cm³/mol. The van der Waals surface area contributed by atoms with Crippen molar-refractivity contribution in [2.24, 2.45) is 0 Å². The van der Waals surface area contributed by atoms with E-state index in [0.29, 0.717) is 0 Å². The summed E-state index contributed by atoms with van der Waals surface area (Å²) in [6, 6.07) is -0.141. The van der Waals surface area contributed by atoms with E-state index in [9.17, 15) is 4.79 Å². The Labute approximate surface area is 61.0 Å². The number of allylic oxidation sites excluding steroid dienone is 2. The van der Waals surface area contributed by atoms with Gasteiger partial charge in [0.25, 0.3) is 0 Å². The minimum atomic E-state index is -0.141. The molecule has 0 bridgehead atoms. The molecule has 0 radical (unpaired) electrons. The highest BCUT2D eigenvalue weighted by atomic mass is 16.2. The first kappa shape index (κ1) is 8.75. The summed E-state index contributed by atoms with van der Waals surface area (Å²) in [5.74, 6) is 0. The molecule has 3 nitrogen and oxygen atoms in total. The Morgan fingerprint density at radius 1 is 1.70 bits per heavy atom. The average Bonchev–Trinajstić information content (AvgIpc) is 1.98. The summed E-state index contributed by atoms with van der Waals surface area (Å²) in [5.41, 5.74) is 0. The van der Waals surface area contributed by atoms with Crippen molar-refractivity contribution in [3.05, 3.63) is 24.9 Å². The number of carbonyl (C=O) groups excluding carboxylic acids is 1. The van der Waals surface area contributed by atoms with E-state index in [2.05, 4.69) is 11.9 Å². The van der Waals surface area contributed by atoms with E-state index in [1.807, 2.05) is 0 Å². The fourth-order valence-corrected chi connectivity index (χ4v) is 0.434. The fraction of sp³-hybridized carbons (Fsp3) is 0.286. The lowest BCUT2D eigenvalue weighted by molar-refractivity contribution is 0.224. The van der Waals surface area contributed by atoms with Gasteiger partial charge >= 0.3 is 6.03 Å². The normalized spacial score (nSPS) is 9.40. The standard InChI is InChI=1S/C7H12N2O/c1-4-5-6-9(3)7(10)8-2/h4-6H,1H2,2-3H3,(H,8,10)/b6-5+. The molecule has 0 aliphatic carbocycles. The average molecular weight is 140 g/mol. The summed E-state index contributed by atoms with van der Waals surface area (Å²) in [4.78, 5) is 12.2. The maximum atomic E-state index is 10.7. The molecule has 0 aromatic carbocycles. The largest absolute Gasteiger partial charge is 0.341 e. The Morgan fingerprint density at radius 2 is 2.30 bits per heavy atom. The van der Waals surface area contributed by atoms with E-state index in [4.69, 9.17) is 0 Å². The van der Waals surface area contributed by atoms with Crippen molar-refractivity contribution in [2.75, 3.05) is 14.1 Å². The summed E-state index contributed by atoms with van der Waals surface area (Å²) in [7, 11) is 3.25. The number of nitrogens with zero attached hydrogens (tertiary/aromatic N) is 1. The van der Waals surface area contributed by atoms with Gasteiger partial charge in [-0.3, -0.25) is 0 Å². The Hall–Kier alpha value is -1.25. The number of rotatable bonds is 2. The lowest BCUT2D eigenvalue weighted by atomic mass is 10.6. The fourth-order valence-electron chi connectivity index (χ4n) is 0.434. The van der Waals surface area contributed by atoms with Gasteiger partial charge in [0.15, 0.2) is 0 Å². The Bertz CT molecular complexity index is 152. The van der Waals surface area contributed by atoms with E-state index < -0.39 is 0 Å². The molecule has 0 aliphatic rings. The minimum Gasteiger partial charge on any atom is -0.341 e. The van der Waals surface area contributed by atoms with Crippen LogP contribution in [0.2, 0.25) is 0 Å². The second-order valence-electron chi connectivity index (χ2n) is 1.74. The molecule has 0 spiro atoms. The van der Waals surface area contributed by atoms with Crippen LogP contribution in [0.4, 0.5) is 4.79 Å². The SMILES string of the molecule is C=C/C=C/N(C)C(=O)NC. The number of hydrogen-bond acceptors (Lipinski definition) is 1. The highest BCUT2D eigenvalue weighted by Gasteiger charge is 1.98. The summed E-state index contributed by atoms with van der Waals surface area (Å²) in [6.07, 6.45) is 4.93. The second kappa shape index (κ2) is 4.61. The van der Waals surface area contributed by atoms with Gasteiger partial charge in [-0.15, -0.1) is 0 Å². The van der Waals surface area contributed by atoms with Gasteiger partial charge in [0, 0.05) is 20.3 Å². The highest BCUT2D eigenvalue weighted by Crippen LogP contribution is 1.84. The lowest BCUT2D eigenvalue weighted by Gasteiger charge is -2.09. The van der Waals surface area contributed by atoms with Crippen LogP contribution in [0, 0.1) is 0 Å². The molecule has 56 valence electrons. The number of carbonyl (C=O) groups is 1. The molecule has 0 rings (SSSR count). The minimum absolute atomic E-state index is 0.141. The molecule has 10 heavy (non-hydrogen) atoms. The zero-order chi connectivity index (χ0) is 7.98. The van der Waals surface area contributed by atoms with Crippen LogP contribution in [0.25, 0.3) is 0 Å². The first-order valence-corrected chi connectivity index (χ1v) is 2.96. The number of amides is 2. The topological polar surface area (TPSA) is 32.3 Å². The monoisotopic (exact) mass is 140 g/mol. The van der Waals surface area contributed by atoms with Crippen molar-refractivity contribution in [1.82, 2.24) is 10.2 Å². The van der Waals surface area contributed by atoms with Crippen molar-refractivity contribution >= 4 is 6.03 Å². The summed E-state index contributed by atoms with van der Waals surface area (Å²) < 4.78 is 0. The van der Waals surface area contributed by atoms with E-state index in [-0.39, 0.29) is 6.03 Å². The van der Waals surface area contributed by atoms with Gasteiger partial charge < -0.3 is 10.2 Å². The molecule has 0 heterocycles. The smallest absolute Gasteiger partial charge is 0.320 e. The molecule has 0 aromatic heterocycles. The van der Waals surface area contributed by atoms with Crippen molar-refractivity contribution in [3.8, 4) is 0 Å². The summed E-state index contributed by atoms with van der Waals surface area (Å²) in [6.45, 7) is 3.47. The van der Waals surface area contributed by atoms with Gasteiger partial charge in [-0.05, 0) is 6.08 Å². The third-order valence-corrected chi connectivity index (χ3v) is 0.980. The Kier molecular flexibility index (Phi) is 4.04. The number of nitrogens with one attached hydrogen (secondary N) is 1. The molecule has 1 N–H and O–H groups in total. The highest BCUT2D eigenvalue weighted by molar-refractivity contribution is 5.74. The van der Waals surface area contributed by atoms with Gasteiger partial charge in [0.05, 0.1) is 0 Å². The molecule has 0 aromatic rings. The Balaban J connectivity index is 3.83. The molecule has 0 aliphatic heterocycles. The van der Waals surface area contributed by atoms with Crippen LogP contribution in [-0.2, 0) is 0 Å². The molecule has 3 heteroatoms. The van der Waals surface area contributed by atoms with Crippen LogP contribution in [-0.4, -0.2) is 25.0 Å². The van der Waals surface area contributed by atoms with E-state index in [0.717, 1.165) is 0 Å². The van der Waals surface area contributed by atoms with Gasteiger partial charge in [0.2, 0.25) is 0 Å². The van der Waals surface area contributed by atoms with E-state index in [1.165, 1.54) is 4.90 Å². The van der Waals surface area contributed by atoms with Gasteiger partial charge in [-0.2, -0.15) is 0 Å². The molecular formula is C7H12N2O. The van der Waals surface area contributed by atoms with Crippen LogP contribution in [0.5, 0.6) is 0 Å². The van der Waals surface area contributed by atoms with Crippen molar-refractivity contribution in [1.29, 1.82) is 0 Å². The zero-order valence-electron chi connectivity index (χ0n) is 6.29. The summed E-state index contributed by atoms with van der Waals surface area (Å²) >= 11 is 0. The first-order chi connectivity index (χ1) is 4.72. The van der Waals surface area contributed by atoms with Crippen LogP contribution in [0.3, 0.4) is 0 Å². The van der Waals surface area contributed by atoms with Gasteiger partial charge in [-0.1, -0.05) is 12.7 Å². The quantitative estimate of drug-likeness (QED) is 0.569. The Morgan fingerprint density at radius 3 is 2.70 bits per heavy atom. The van der Waals surface area contributed by atoms with Crippen molar-refractivity contribution in [3.63, 3.8) is 0 Å². The number of hydrogen-bond donors (Lipinski definition) is 1. The van der Waals surface area contributed by atoms with E-state index >= 15 is 0 Å². The molecular weight excluding hydrogens is 128 g/mol. The molecule has 0 atom stereocenters. The third kappa shape index (κ3) is 2.91. The van der Waals surface area contributed by atoms with Crippen molar-refractivity contribution < 1.29 is 4.79 Å². The van der Waals surface area contributed by atoms with E-state index in [1.54, 1.807) is 32.4 Å². The molecule has 2 amide bonds. The third-order valence-electron chi connectivity index (χ3n) is 0.980. The predicted octanol–water partition coefficient (Wildman–Crippen LogP) is 0.957. The van der Waals surface area contributed by atoms with Gasteiger partial charge in [-0.25, -0.2) is 4.79 Å². The van der Waals surface area contributed by atoms with Crippen LogP contribution in [0.15, 0.2) is 24.9 Å². The zero-order valence-corrected chi connectivity index (χ0v) is 6.29. The molecule has 0 saturated carbocycles. The summed E-state index contributed by atoms with van der Waals surface area (Å²) in [5, 5.41) is 2.48. The first-order valence-electron chi connectivity index (χ1n) is 2.96. The van der Waals surface area contributed by atoms with Crippen molar-refractivity contribution in [2.45, 2.75) is 0 Å². The maximum Gasteiger partial charge on any atom is 0.320 e. The van der Waals surface area contributed by atoms with Crippen LogP contribution < -0.4 is 5.32 Å². The van der Waals surface area contributed by atoms with Crippen LogP contribution in [0.1, 0.15) is 0 Å². The molecule has 0 saturated heterocycles. The lowest BCUT2D eigenvalue weighted by Crippen LogP contribution is -2.30. The maximum absolute atomic E-state index is 10.7. The second-order valence-corrected chi connectivity index (χ2v) is 1.74. The number of urea groups is 1. The molecule has 0 fully saturated rings. The molecule has 0 unspecified atom stereocenters. The van der Waals surface area contributed by atoms with Gasteiger partial charge in [0.1, 0.15) is 0 Å². The van der Waals surface area contributed by atoms with Crippen LogP contribution >= 0.6 is 0 Å².